The van der Waals surface area contributed by atoms with Crippen molar-refractivity contribution in [1.82, 2.24) is 0 Å². The molecule has 4 heteroatoms. The first-order chi connectivity index (χ1) is 7.55. The van der Waals surface area contributed by atoms with Crippen LogP contribution in [-0.4, -0.2) is 29.3 Å². The Morgan fingerprint density at radius 2 is 1.44 bits per heavy atom. The molecular weight excluding hydrogens is 218 g/mol. The van der Waals surface area contributed by atoms with Gasteiger partial charge in [-0.1, -0.05) is 26.7 Å². The minimum atomic E-state index is -2.12. The summed E-state index contributed by atoms with van der Waals surface area (Å²) < 4.78 is 11.5. The maximum atomic E-state index is 5.79. The fourth-order valence-corrected chi connectivity index (χ4v) is 5.85. The highest BCUT2D eigenvalue weighted by Crippen LogP contribution is 2.50. The van der Waals surface area contributed by atoms with Crippen LogP contribution in [0.3, 0.4) is 0 Å². The second kappa shape index (κ2) is 7.43. The lowest BCUT2D eigenvalue weighted by atomic mass is 9.93. The van der Waals surface area contributed by atoms with Crippen molar-refractivity contribution in [2.24, 2.45) is 5.73 Å². The van der Waals surface area contributed by atoms with Gasteiger partial charge in [0.15, 0.2) is 0 Å². The Kier molecular flexibility index (Phi) is 7.47. The monoisotopic (exact) mass is 247 g/mol. The van der Waals surface area contributed by atoms with Crippen molar-refractivity contribution in [3.63, 3.8) is 0 Å². The topological polar surface area (TPSA) is 44.5 Å². The molecule has 16 heavy (non-hydrogen) atoms. The molecule has 98 valence electrons. The molecule has 0 rings (SSSR count). The van der Waals surface area contributed by atoms with Gasteiger partial charge in [0.1, 0.15) is 0 Å². The van der Waals surface area contributed by atoms with Crippen molar-refractivity contribution in [3.05, 3.63) is 0 Å². The summed E-state index contributed by atoms with van der Waals surface area (Å²) in [4.78, 5) is 0. The van der Waals surface area contributed by atoms with Gasteiger partial charge in [0, 0.05) is 19.3 Å². The summed E-state index contributed by atoms with van der Waals surface area (Å²) in [7, 11) is 1.45. The van der Waals surface area contributed by atoms with Gasteiger partial charge in [-0.25, -0.2) is 0 Å². The van der Waals surface area contributed by atoms with E-state index in [0.29, 0.717) is 0 Å². The largest absolute Gasteiger partial charge is 0.397 e. The van der Waals surface area contributed by atoms with E-state index >= 15 is 0 Å². The maximum absolute atomic E-state index is 5.79. The Morgan fingerprint density at radius 1 is 1.00 bits per heavy atom. The highest BCUT2D eigenvalue weighted by Gasteiger charge is 2.51. The molecule has 0 aliphatic carbocycles. The summed E-state index contributed by atoms with van der Waals surface area (Å²) in [6, 6.07) is 0. The molecule has 0 atom stereocenters. The molecule has 0 aromatic heterocycles. The van der Waals surface area contributed by atoms with Crippen LogP contribution < -0.4 is 5.73 Å². The van der Waals surface area contributed by atoms with Gasteiger partial charge in [-0.2, -0.15) is 0 Å². The molecule has 0 heterocycles. The van der Waals surface area contributed by atoms with Crippen molar-refractivity contribution in [1.29, 1.82) is 0 Å². The van der Waals surface area contributed by atoms with E-state index in [4.69, 9.17) is 14.6 Å². The van der Waals surface area contributed by atoms with Crippen LogP contribution in [0.1, 0.15) is 46.0 Å². The molecular formula is C12H29NO2Si. The lowest BCUT2D eigenvalue weighted by Crippen LogP contribution is -2.50. The normalized spacial score (nSPS) is 13.1. The van der Waals surface area contributed by atoms with E-state index in [2.05, 4.69) is 20.4 Å². The highest BCUT2D eigenvalue weighted by molar-refractivity contribution is 6.69. The summed E-state index contributed by atoms with van der Waals surface area (Å²) >= 11 is 0. The van der Waals surface area contributed by atoms with Gasteiger partial charge in [0.05, 0.1) is 0 Å². The quantitative estimate of drug-likeness (QED) is 0.637. The summed E-state index contributed by atoms with van der Waals surface area (Å²) in [5.41, 5.74) is 5.79. The Balaban J connectivity index is 5.10. The zero-order valence-electron chi connectivity index (χ0n) is 11.6. The molecule has 3 nitrogen and oxygen atoms in total. The zero-order valence-corrected chi connectivity index (χ0v) is 12.6. The van der Waals surface area contributed by atoms with E-state index < -0.39 is 8.56 Å². The maximum Gasteiger partial charge on any atom is 0.340 e. The Hall–Kier alpha value is 0.0969. The molecule has 0 aliphatic rings. The van der Waals surface area contributed by atoms with E-state index in [9.17, 15) is 0 Å². The second-order valence-electron chi connectivity index (χ2n) is 4.67. The van der Waals surface area contributed by atoms with E-state index in [-0.39, 0.29) is 5.04 Å². The lowest BCUT2D eigenvalue weighted by molar-refractivity contribution is 0.191. The molecule has 2 N–H and O–H groups in total. The summed E-state index contributed by atoms with van der Waals surface area (Å²) in [6.45, 7) is 7.34. The molecule has 0 fully saturated rings. The third kappa shape index (κ3) is 3.29. The average Bonchev–Trinajstić information content (AvgIpc) is 2.28. The van der Waals surface area contributed by atoms with Crippen LogP contribution in [0.4, 0.5) is 0 Å². The molecule has 0 radical (unpaired) electrons. The van der Waals surface area contributed by atoms with Crippen molar-refractivity contribution in [2.45, 2.75) is 57.5 Å². The second-order valence-corrected chi connectivity index (χ2v) is 8.44. The fraction of sp³-hybridized carbons (Fsp3) is 1.00. The van der Waals surface area contributed by atoms with Crippen LogP contribution >= 0.6 is 0 Å². The third-order valence-electron chi connectivity index (χ3n) is 3.82. The van der Waals surface area contributed by atoms with Crippen LogP contribution in [0.2, 0.25) is 11.6 Å². The molecule has 0 unspecified atom stereocenters. The van der Waals surface area contributed by atoms with Crippen molar-refractivity contribution >= 4 is 8.56 Å². The summed E-state index contributed by atoms with van der Waals surface area (Å²) in [5.74, 6) is 0. The molecule has 0 amide bonds. The van der Waals surface area contributed by atoms with Crippen LogP contribution in [0.15, 0.2) is 0 Å². The molecule has 0 spiro atoms. The zero-order chi connectivity index (χ0) is 12.7. The standard InChI is InChI=1S/C12H29NO2Si/c1-6-8-12(9-7-2,10-11-13)16(5,14-3)15-4/h6-11,13H2,1-5H3. The minimum Gasteiger partial charge on any atom is -0.397 e. The molecule has 0 saturated heterocycles. The Morgan fingerprint density at radius 3 is 1.69 bits per heavy atom. The molecule has 0 saturated carbocycles. The van der Waals surface area contributed by atoms with Gasteiger partial charge < -0.3 is 14.6 Å². The van der Waals surface area contributed by atoms with Crippen molar-refractivity contribution < 1.29 is 8.85 Å². The average molecular weight is 247 g/mol. The predicted octanol–water partition coefficient (Wildman–Crippen LogP) is 3.04. The van der Waals surface area contributed by atoms with Crippen LogP contribution in [-0.2, 0) is 8.85 Å². The van der Waals surface area contributed by atoms with E-state index in [1.54, 1.807) is 14.2 Å². The molecule has 0 aromatic rings. The number of rotatable bonds is 9. The van der Waals surface area contributed by atoms with E-state index in [1.165, 1.54) is 0 Å². The van der Waals surface area contributed by atoms with Gasteiger partial charge in [-0.05, 0) is 32.4 Å². The van der Waals surface area contributed by atoms with Crippen molar-refractivity contribution in [2.75, 3.05) is 20.8 Å². The van der Waals surface area contributed by atoms with Crippen LogP contribution in [0.5, 0.6) is 0 Å². The summed E-state index contributed by atoms with van der Waals surface area (Å²) in [6.07, 6.45) is 5.65. The van der Waals surface area contributed by atoms with Gasteiger partial charge in [0.25, 0.3) is 0 Å². The SMILES string of the molecule is CCCC(CCC)(CCN)[Si](C)(OC)OC. The number of hydrogen-bond donors (Lipinski definition) is 1. The summed E-state index contributed by atoms with van der Waals surface area (Å²) in [5, 5.41) is 0.175. The minimum absolute atomic E-state index is 0.175. The smallest absolute Gasteiger partial charge is 0.340 e. The van der Waals surface area contributed by atoms with Crippen molar-refractivity contribution in [3.8, 4) is 0 Å². The van der Waals surface area contributed by atoms with Gasteiger partial charge in [-0.3, -0.25) is 0 Å². The first-order valence-corrected chi connectivity index (χ1v) is 8.67. The van der Waals surface area contributed by atoms with Crippen LogP contribution in [0.25, 0.3) is 0 Å². The first-order valence-electron chi connectivity index (χ1n) is 6.36. The first kappa shape index (κ1) is 16.1. The van der Waals surface area contributed by atoms with Gasteiger partial charge >= 0.3 is 8.56 Å². The third-order valence-corrected chi connectivity index (χ3v) is 8.06. The highest BCUT2D eigenvalue weighted by atomic mass is 28.4. The van der Waals surface area contributed by atoms with Gasteiger partial charge in [0.2, 0.25) is 0 Å². The molecule has 0 aliphatic heterocycles. The van der Waals surface area contributed by atoms with E-state index in [0.717, 1.165) is 38.6 Å². The Labute approximate surface area is 102 Å². The van der Waals surface area contributed by atoms with Crippen LogP contribution in [0, 0.1) is 0 Å². The number of hydrogen-bond acceptors (Lipinski definition) is 3. The van der Waals surface area contributed by atoms with E-state index in [1.807, 2.05) is 0 Å². The Bertz CT molecular complexity index is 167. The molecule has 0 bridgehead atoms. The molecule has 0 aromatic carbocycles. The lowest BCUT2D eigenvalue weighted by Gasteiger charge is -2.44. The van der Waals surface area contributed by atoms with Gasteiger partial charge in [-0.15, -0.1) is 0 Å². The fourth-order valence-electron chi connectivity index (χ4n) is 2.81. The number of nitrogens with two attached hydrogens (primary N) is 1. The predicted molar refractivity (Wildman–Crippen MR) is 71.8 cm³/mol.